The zero-order valence-corrected chi connectivity index (χ0v) is 11.9. The zero-order valence-electron chi connectivity index (χ0n) is 11.9. The lowest BCUT2D eigenvalue weighted by Gasteiger charge is -2.36. The van der Waals surface area contributed by atoms with E-state index in [9.17, 15) is 5.11 Å². The Balaban J connectivity index is 4.75. The molecule has 1 N–H and O–H groups in total. The van der Waals surface area contributed by atoms with Crippen LogP contribution in [0.2, 0.25) is 0 Å². The van der Waals surface area contributed by atoms with Gasteiger partial charge in [-0.1, -0.05) is 41.0 Å². The van der Waals surface area contributed by atoms with E-state index in [-0.39, 0.29) is 18.6 Å². The minimum Gasteiger partial charge on any atom is -0.396 e. The third kappa shape index (κ3) is 4.42. The summed E-state index contributed by atoms with van der Waals surface area (Å²) in [6.07, 6.45) is 2.35. The Morgan fingerprint density at radius 3 is 1.81 bits per heavy atom. The van der Waals surface area contributed by atoms with Crippen LogP contribution in [0.5, 0.6) is 0 Å². The van der Waals surface area contributed by atoms with Crippen molar-refractivity contribution < 1.29 is 9.84 Å². The molecule has 0 rings (SSSR count). The number of hydrogen-bond donors (Lipinski definition) is 1. The summed E-state index contributed by atoms with van der Waals surface area (Å²) in [5, 5.41) is 9.64. The number of aliphatic hydroxyl groups excluding tert-OH is 1. The Bertz CT molecular complexity index is 158. The molecule has 0 amide bonds. The highest BCUT2D eigenvalue weighted by Crippen LogP contribution is 2.33. The molecule has 0 aliphatic heterocycles. The fraction of sp³-hybridized carbons (Fsp3) is 1.00. The molecule has 16 heavy (non-hydrogen) atoms. The molecule has 0 spiro atoms. The van der Waals surface area contributed by atoms with Crippen LogP contribution in [-0.4, -0.2) is 24.9 Å². The fourth-order valence-corrected chi connectivity index (χ4v) is 3.04. The number of rotatable bonds is 8. The van der Waals surface area contributed by atoms with Gasteiger partial charge in [0.25, 0.3) is 0 Å². The maximum absolute atomic E-state index is 9.64. The van der Waals surface area contributed by atoms with Crippen LogP contribution in [0.1, 0.15) is 47.5 Å². The van der Waals surface area contributed by atoms with Gasteiger partial charge in [-0.15, -0.1) is 0 Å². The first-order valence-corrected chi connectivity index (χ1v) is 6.63. The minimum absolute atomic E-state index is 0.199. The first-order valence-electron chi connectivity index (χ1n) is 6.63. The summed E-state index contributed by atoms with van der Waals surface area (Å²) in [5.41, 5.74) is 0. The van der Waals surface area contributed by atoms with Gasteiger partial charge < -0.3 is 9.84 Å². The smallest absolute Gasteiger partial charge is 0.0624 e. The van der Waals surface area contributed by atoms with E-state index in [4.69, 9.17) is 4.74 Å². The average molecular weight is 230 g/mol. The van der Waals surface area contributed by atoms with Crippen LogP contribution in [-0.2, 0) is 4.74 Å². The van der Waals surface area contributed by atoms with Gasteiger partial charge in [0.2, 0.25) is 0 Å². The molecule has 0 aromatic rings. The van der Waals surface area contributed by atoms with Crippen molar-refractivity contribution in [2.45, 2.75) is 53.6 Å². The van der Waals surface area contributed by atoms with Crippen LogP contribution in [0.3, 0.4) is 0 Å². The number of hydrogen-bond acceptors (Lipinski definition) is 2. The summed E-state index contributed by atoms with van der Waals surface area (Å²) in [7, 11) is 1.76. The van der Waals surface area contributed by atoms with Crippen molar-refractivity contribution in [2.24, 2.45) is 23.7 Å². The second-order valence-corrected chi connectivity index (χ2v) is 5.47. The SMILES string of the molecule is CCCC(OC)C(CO)C(C(C)C)C(C)C. The quantitative estimate of drug-likeness (QED) is 0.693. The minimum atomic E-state index is 0.199. The molecule has 2 heteroatoms. The molecule has 98 valence electrons. The zero-order chi connectivity index (χ0) is 12.7. The highest BCUT2D eigenvalue weighted by molar-refractivity contribution is 4.81. The second kappa shape index (κ2) is 8.08. The molecule has 0 aromatic heterocycles. The fourth-order valence-electron chi connectivity index (χ4n) is 3.04. The third-order valence-corrected chi connectivity index (χ3v) is 3.60. The maximum atomic E-state index is 9.64. The molecule has 0 fully saturated rings. The van der Waals surface area contributed by atoms with Crippen molar-refractivity contribution in [3.8, 4) is 0 Å². The van der Waals surface area contributed by atoms with Crippen LogP contribution in [0.4, 0.5) is 0 Å². The van der Waals surface area contributed by atoms with Crippen LogP contribution >= 0.6 is 0 Å². The topological polar surface area (TPSA) is 29.5 Å². The molecule has 0 aliphatic carbocycles. The molecule has 0 saturated carbocycles. The Morgan fingerprint density at radius 1 is 1.06 bits per heavy atom. The highest BCUT2D eigenvalue weighted by Gasteiger charge is 2.32. The van der Waals surface area contributed by atoms with Crippen molar-refractivity contribution in [1.29, 1.82) is 0 Å². The van der Waals surface area contributed by atoms with Gasteiger partial charge in [-0.05, 0) is 24.2 Å². The lowest BCUT2D eigenvalue weighted by molar-refractivity contribution is -0.0281. The molecule has 0 aliphatic rings. The summed E-state index contributed by atoms with van der Waals surface area (Å²) in [5.74, 6) is 1.98. The van der Waals surface area contributed by atoms with E-state index in [2.05, 4.69) is 34.6 Å². The molecule has 0 aromatic carbocycles. The first kappa shape index (κ1) is 15.9. The van der Waals surface area contributed by atoms with Crippen molar-refractivity contribution >= 4 is 0 Å². The Morgan fingerprint density at radius 2 is 1.56 bits per heavy atom. The van der Waals surface area contributed by atoms with E-state index < -0.39 is 0 Å². The van der Waals surface area contributed by atoms with Gasteiger partial charge in [-0.25, -0.2) is 0 Å². The van der Waals surface area contributed by atoms with Gasteiger partial charge >= 0.3 is 0 Å². The van der Waals surface area contributed by atoms with Crippen molar-refractivity contribution in [1.82, 2.24) is 0 Å². The van der Waals surface area contributed by atoms with Crippen molar-refractivity contribution in [3.05, 3.63) is 0 Å². The van der Waals surface area contributed by atoms with Crippen molar-refractivity contribution in [3.63, 3.8) is 0 Å². The van der Waals surface area contributed by atoms with Crippen LogP contribution < -0.4 is 0 Å². The van der Waals surface area contributed by atoms with Crippen LogP contribution in [0.25, 0.3) is 0 Å². The van der Waals surface area contributed by atoms with E-state index in [1.807, 2.05) is 0 Å². The average Bonchev–Trinajstić information content (AvgIpc) is 2.21. The van der Waals surface area contributed by atoms with Gasteiger partial charge in [0.1, 0.15) is 0 Å². The highest BCUT2D eigenvalue weighted by atomic mass is 16.5. The van der Waals surface area contributed by atoms with Crippen LogP contribution in [0.15, 0.2) is 0 Å². The van der Waals surface area contributed by atoms with Gasteiger partial charge in [-0.3, -0.25) is 0 Å². The Hall–Kier alpha value is -0.0800. The normalized spacial score (nSPS) is 16.1. The second-order valence-electron chi connectivity index (χ2n) is 5.47. The van der Waals surface area contributed by atoms with E-state index in [0.29, 0.717) is 17.8 Å². The molecular weight excluding hydrogens is 200 g/mol. The summed E-state index contributed by atoms with van der Waals surface area (Å²) in [6, 6.07) is 0. The van der Waals surface area contributed by atoms with Gasteiger partial charge in [0.15, 0.2) is 0 Å². The Labute approximate surface area is 101 Å². The van der Waals surface area contributed by atoms with Crippen molar-refractivity contribution in [2.75, 3.05) is 13.7 Å². The van der Waals surface area contributed by atoms with E-state index in [0.717, 1.165) is 12.8 Å². The molecule has 0 heterocycles. The molecule has 2 nitrogen and oxygen atoms in total. The van der Waals surface area contributed by atoms with E-state index in [1.54, 1.807) is 7.11 Å². The predicted molar refractivity (Wildman–Crippen MR) is 69.4 cm³/mol. The number of ether oxygens (including phenoxy) is 1. The first-order chi connectivity index (χ1) is 7.49. The monoisotopic (exact) mass is 230 g/mol. The largest absolute Gasteiger partial charge is 0.396 e. The molecular formula is C14H30O2. The maximum Gasteiger partial charge on any atom is 0.0624 e. The summed E-state index contributed by atoms with van der Waals surface area (Å²) in [4.78, 5) is 0. The Kier molecular flexibility index (Phi) is 8.04. The third-order valence-electron chi connectivity index (χ3n) is 3.60. The van der Waals surface area contributed by atoms with Gasteiger partial charge in [-0.2, -0.15) is 0 Å². The summed E-state index contributed by atoms with van der Waals surface area (Å²) >= 11 is 0. The molecule has 0 saturated heterocycles. The molecule has 2 unspecified atom stereocenters. The van der Waals surface area contributed by atoms with E-state index in [1.165, 1.54) is 0 Å². The van der Waals surface area contributed by atoms with E-state index >= 15 is 0 Å². The number of aliphatic hydroxyl groups is 1. The summed E-state index contributed by atoms with van der Waals surface area (Å²) in [6.45, 7) is 11.4. The predicted octanol–water partition coefficient (Wildman–Crippen LogP) is 3.34. The molecule has 2 atom stereocenters. The molecule has 0 bridgehead atoms. The lowest BCUT2D eigenvalue weighted by Crippen LogP contribution is -2.37. The lowest BCUT2D eigenvalue weighted by atomic mass is 9.73. The van der Waals surface area contributed by atoms with Gasteiger partial charge in [0.05, 0.1) is 6.10 Å². The number of methoxy groups -OCH3 is 1. The van der Waals surface area contributed by atoms with Gasteiger partial charge in [0, 0.05) is 19.6 Å². The van der Waals surface area contributed by atoms with Crippen LogP contribution in [0, 0.1) is 23.7 Å². The standard InChI is InChI=1S/C14H30O2/c1-7-8-13(16-6)12(9-15)14(10(2)3)11(4)5/h10-15H,7-9H2,1-6H3. The summed E-state index contributed by atoms with van der Waals surface area (Å²) < 4.78 is 5.57. The molecule has 0 radical (unpaired) electrons.